The van der Waals surface area contributed by atoms with Gasteiger partial charge in [0.15, 0.2) is 0 Å². The summed E-state index contributed by atoms with van der Waals surface area (Å²) in [7, 11) is 0. The van der Waals surface area contributed by atoms with Crippen LogP contribution in [0.2, 0.25) is 0 Å². The van der Waals surface area contributed by atoms with Crippen LogP contribution in [0.15, 0.2) is 88.6 Å². The quantitative estimate of drug-likeness (QED) is 0.463. The third-order valence-corrected chi connectivity index (χ3v) is 4.40. The highest BCUT2D eigenvalue weighted by Crippen LogP contribution is 2.35. The molecule has 4 rings (SSSR count). The maximum atomic E-state index is 10.8. The third kappa shape index (κ3) is 3.64. The van der Waals surface area contributed by atoms with Crippen LogP contribution in [0.5, 0.6) is 0 Å². The van der Waals surface area contributed by atoms with Crippen LogP contribution in [-0.4, -0.2) is 10.6 Å². The molecule has 3 aromatic rings. The standard InChI is InChI=1S/C21H17N3O3/c25-24(26)19-12-9-16(10-13-19)8-11-17-15-20(21-7-4-14-27-21)23(22-17)18-5-2-1-3-6-18/h1-14,20H,15H2/b11-8+/t20-/m1/s1. The predicted molar refractivity (Wildman–Crippen MR) is 105 cm³/mol. The second-order valence-corrected chi connectivity index (χ2v) is 6.19. The normalized spacial score (nSPS) is 16.7. The molecule has 6 heteroatoms. The Morgan fingerprint density at radius 1 is 1.04 bits per heavy atom. The van der Waals surface area contributed by atoms with E-state index in [0.29, 0.717) is 6.42 Å². The maximum absolute atomic E-state index is 10.8. The minimum atomic E-state index is -0.403. The zero-order valence-electron chi connectivity index (χ0n) is 14.4. The largest absolute Gasteiger partial charge is 0.467 e. The topological polar surface area (TPSA) is 71.9 Å². The number of hydrogen-bond acceptors (Lipinski definition) is 5. The van der Waals surface area contributed by atoms with Crippen molar-refractivity contribution < 1.29 is 9.34 Å². The number of rotatable bonds is 5. The van der Waals surface area contributed by atoms with Gasteiger partial charge >= 0.3 is 0 Å². The van der Waals surface area contributed by atoms with Gasteiger partial charge < -0.3 is 4.42 Å². The fourth-order valence-electron chi connectivity index (χ4n) is 3.05. The van der Waals surface area contributed by atoms with Crippen LogP contribution in [0.3, 0.4) is 0 Å². The van der Waals surface area contributed by atoms with E-state index in [9.17, 15) is 10.1 Å². The summed E-state index contributed by atoms with van der Waals surface area (Å²) < 4.78 is 5.61. The van der Waals surface area contributed by atoms with E-state index < -0.39 is 4.92 Å². The molecule has 1 aliphatic rings. The molecule has 1 aromatic heterocycles. The molecular formula is C21H17N3O3. The van der Waals surface area contributed by atoms with Crippen molar-refractivity contribution in [3.8, 4) is 0 Å². The molecule has 1 aliphatic heterocycles. The van der Waals surface area contributed by atoms with Crippen molar-refractivity contribution >= 4 is 23.2 Å². The Morgan fingerprint density at radius 2 is 1.81 bits per heavy atom. The molecular weight excluding hydrogens is 342 g/mol. The van der Waals surface area contributed by atoms with E-state index in [1.54, 1.807) is 18.4 Å². The zero-order valence-corrected chi connectivity index (χ0v) is 14.4. The van der Waals surface area contributed by atoms with Gasteiger partial charge in [-0.2, -0.15) is 5.10 Å². The zero-order chi connectivity index (χ0) is 18.6. The van der Waals surface area contributed by atoms with Gasteiger partial charge in [-0.25, -0.2) is 0 Å². The summed E-state index contributed by atoms with van der Waals surface area (Å²) in [6.45, 7) is 0. The molecule has 0 fully saturated rings. The summed E-state index contributed by atoms with van der Waals surface area (Å²) in [6.07, 6.45) is 6.24. The van der Waals surface area contributed by atoms with Crippen LogP contribution < -0.4 is 5.01 Å². The van der Waals surface area contributed by atoms with E-state index in [-0.39, 0.29) is 11.7 Å². The molecule has 0 saturated carbocycles. The van der Waals surface area contributed by atoms with E-state index in [0.717, 1.165) is 22.7 Å². The van der Waals surface area contributed by atoms with Crippen LogP contribution in [0.4, 0.5) is 11.4 Å². The fourth-order valence-corrected chi connectivity index (χ4v) is 3.05. The maximum Gasteiger partial charge on any atom is 0.269 e. The molecule has 6 nitrogen and oxygen atoms in total. The van der Waals surface area contributed by atoms with Crippen molar-refractivity contribution in [2.75, 3.05) is 5.01 Å². The summed E-state index contributed by atoms with van der Waals surface area (Å²) in [6, 6.07) is 20.2. The number of para-hydroxylation sites is 1. The van der Waals surface area contributed by atoms with Crippen molar-refractivity contribution in [2.45, 2.75) is 12.5 Å². The van der Waals surface area contributed by atoms with Gasteiger partial charge in [0.1, 0.15) is 11.8 Å². The van der Waals surface area contributed by atoms with E-state index >= 15 is 0 Å². The van der Waals surface area contributed by atoms with Crippen molar-refractivity contribution in [2.24, 2.45) is 5.10 Å². The monoisotopic (exact) mass is 359 g/mol. The van der Waals surface area contributed by atoms with Gasteiger partial charge in [-0.3, -0.25) is 15.1 Å². The number of hydrazone groups is 1. The minimum Gasteiger partial charge on any atom is -0.467 e. The lowest BCUT2D eigenvalue weighted by Crippen LogP contribution is -2.17. The van der Waals surface area contributed by atoms with Crippen molar-refractivity contribution in [1.29, 1.82) is 0 Å². The molecule has 2 aromatic carbocycles. The predicted octanol–water partition coefficient (Wildman–Crippen LogP) is 5.21. The number of anilines is 1. The third-order valence-electron chi connectivity index (χ3n) is 4.40. The van der Waals surface area contributed by atoms with Gasteiger partial charge in [-0.05, 0) is 48.0 Å². The summed E-state index contributed by atoms with van der Waals surface area (Å²) in [5.41, 5.74) is 2.88. The Kier molecular flexibility index (Phi) is 4.53. The lowest BCUT2D eigenvalue weighted by Gasteiger charge is -2.21. The molecule has 0 spiro atoms. The highest BCUT2D eigenvalue weighted by molar-refractivity contribution is 6.01. The second kappa shape index (κ2) is 7.29. The Balaban J connectivity index is 1.58. The number of nitro groups is 1. The van der Waals surface area contributed by atoms with Crippen LogP contribution in [0.1, 0.15) is 23.8 Å². The molecule has 27 heavy (non-hydrogen) atoms. The molecule has 134 valence electrons. The second-order valence-electron chi connectivity index (χ2n) is 6.19. The number of furan rings is 1. The molecule has 0 aliphatic carbocycles. The fraction of sp³-hybridized carbons (Fsp3) is 0.0952. The van der Waals surface area contributed by atoms with Crippen molar-refractivity contribution in [3.05, 3.63) is 101 Å². The van der Waals surface area contributed by atoms with Gasteiger partial charge in [0.05, 0.1) is 22.6 Å². The average molecular weight is 359 g/mol. The molecule has 2 heterocycles. The van der Waals surface area contributed by atoms with E-state index in [2.05, 4.69) is 0 Å². The van der Waals surface area contributed by atoms with E-state index in [1.807, 2.05) is 59.6 Å². The first kappa shape index (κ1) is 16.8. The highest BCUT2D eigenvalue weighted by Gasteiger charge is 2.30. The molecule has 0 amide bonds. The molecule has 0 radical (unpaired) electrons. The number of nitrogens with zero attached hydrogens (tertiary/aromatic N) is 3. The molecule has 0 saturated heterocycles. The SMILES string of the molecule is O=[N+]([O-])c1ccc(/C=C/C2=NN(c3ccccc3)[C@@H](c3ccco3)C2)cc1. The highest BCUT2D eigenvalue weighted by atomic mass is 16.6. The van der Waals surface area contributed by atoms with Crippen LogP contribution in [0, 0.1) is 10.1 Å². The summed E-state index contributed by atoms with van der Waals surface area (Å²) in [5.74, 6) is 0.862. The van der Waals surface area contributed by atoms with Crippen LogP contribution >= 0.6 is 0 Å². The average Bonchev–Trinajstić information content (AvgIpc) is 3.37. The van der Waals surface area contributed by atoms with Crippen LogP contribution in [0.25, 0.3) is 6.08 Å². The molecule has 0 N–H and O–H groups in total. The van der Waals surface area contributed by atoms with E-state index in [4.69, 9.17) is 9.52 Å². The molecule has 1 atom stereocenters. The summed E-state index contributed by atoms with van der Waals surface area (Å²) in [4.78, 5) is 10.4. The van der Waals surface area contributed by atoms with Gasteiger partial charge in [-0.15, -0.1) is 0 Å². The lowest BCUT2D eigenvalue weighted by molar-refractivity contribution is -0.384. The summed E-state index contributed by atoms with van der Waals surface area (Å²) in [5, 5.41) is 17.5. The Labute approximate surface area is 156 Å². The Hall–Kier alpha value is -3.67. The summed E-state index contributed by atoms with van der Waals surface area (Å²) >= 11 is 0. The first-order valence-corrected chi connectivity index (χ1v) is 8.58. The number of benzene rings is 2. The lowest BCUT2D eigenvalue weighted by atomic mass is 10.1. The van der Waals surface area contributed by atoms with Crippen molar-refractivity contribution in [3.63, 3.8) is 0 Å². The minimum absolute atomic E-state index is 0.00101. The first-order chi connectivity index (χ1) is 13.2. The van der Waals surface area contributed by atoms with Gasteiger partial charge in [0.2, 0.25) is 0 Å². The number of hydrogen-bond donors (Lipinski definition) is 0. The van der Waals surface area contributed by atoms with E-state index in [1.165, 1.54) is 12.1 Å². The van der Waals surface area contributed by atoms with Gasteiger partial charge in [-0.1, -0.05) is 24.3 Å². The Bertz CT molecular complexity index is 977. The molecule has 0 unspecified atom stereocenters. The number of allylic oxidation sites excluding steroid dienone is 1. The Morgan fingerprint density at radius 3 is 2.48 bits per heavy atom. The number of non-ortho nitro benzene ring substituents is 1. The number of nitro benzene ring substituents is 1. The first-order valence-electron chi connectivity index (χ1n) is 8.58. The van der Waals surface area contributed by atoms with Gasteiger partial charge in [0.25, 0.3) is 5.69 Å². The van der Waals surface area contributed by atoms with Crippen LogP contribution in [-0.2, 0) is 0 Å². The van der Waals surface area contributed by atoms with Crippen molar-refractivity contribution in [1.82, 2.24) is 0 Å². The smallest absolute Gasteiger partial charge is 0.269 e. The molecule has 0 bridgehead atoms. The van der Waals surface area contributed by atoms with Gasteiger partial charge in [0, 0.05) is 18.6 Å².